The Morgan fingerprint density at radius 2 is 0.433 bits per heavy atom. The van der Waals surface area contributed by atoms with E-state index in [1.165, 1.54) is 13.8 Å². The van der Waals surface area contributed by atoms with Gasteiger partial charge in [-0.3, -0.25) is 0 Å². The summed E-state index contributed by atoms with van der Waals surface area (Å²) in [6.07, 6.45) is -60.5. The molecule has 0 aromatic rings. The molecule has 0 aromatic carbocycles. The molecule has 4 nitrogen and oxygen atoms in total. The topological polar surface area (TPSA) is 44.8 Å². The summed E-state index contributed by atoms with van der Waals surface area (Å²) in [6, 6.07) is 0. The van der Waals surface area contributed by atoms with Gasteiger partial charge in [-0.25, -0.2) is 0 Å². The van der Waals surface area contributed by atoms with Crippen LogP contribution < -0.4 is 0 Å². The van der Waals surface area contributed by atoms with E-state index in [9.17, 15) is 163 Å². The summed E-state index contributed by atoms with van der Waals surface area (Å²) in [6.45, 7) is 3.06. The Hall–Kier alpha value is -2.75. The van der Waals surface area contributed by atoms with Crippen LogP contribution in [0.15, 0.2) is 0 Å². The fourth-order valence-electron chi connectivity index (χ4n) is 2.69. The normalized spacial score (nSPS) is 16.4. The van der Waals surface area contributed by atoms with Crippen molar-refractivity contribution in [1.82, 2.24) is 0 Å². The smallest absolute Gasteiger partial charge is 0.302 e. The summed E-state index contributed by atoms with van der Waals surface area (Å²) in [4.78, 5) is 9.44. The van der Waals surface area contributed by atoms with E-state index in [1.54, 1.807) is 0 Å². The zero-order valence-corrected chi connectivity index (χ0v) is 27.2. The van der Waals surface area contributed by atoms with Crippen molar-refractivity contribution < 1.29 is 176 Å². The number of carbonyl (C=O) groups is 1. The third-order valence-electron chi connectivity index (χ3n) is 5.67. The molecule has 0 aliphatic rings. The lowest BCUT2D eigenvalue weighted by Gasteiger charge is -2.47. The van der Waals surface area contributed by atoms with Crippen LogP contribution in [0.3, 0.4) is 0 Å². The Kier molecular flexibility index (Phi) is 15.3. The molecule has 0 saturated heterocycles. The van der Waals surface area contributed by atoms with Crippen LogP contribution in [-0.2, 0) is 18.1 Å². The minimum atomic E-state index is -12.0. The Labute approximate surface area is 302 Å². The average molecular weight is 1010 g/mol. The van der Waals surface area contributed by atoms with Crippen LogP contribution in [0.1, 0.15) is 13.8 Å². The number of hydrogen-bond acceptors (Lipinski definition) is 4. The van der Waals surface area contributed by atoms with Crippen LogP contribution in [0.5, 0.6) is 0 Å². The first-order chi connectivity index (χ1) is 25.1. The van der Waals surface area contributed by atoms with Crippen molar-refractivity contribution in [3.63, 3.8) is 0 Å². The maximum Gasteiger partial charge on any atom is 0.595 e. The van der Waals surface area contributed by atoms with Crippen molar-refractivity contribution in [2.45, 2.75) is 110 Å². The molecular weight excluding hydrogens is 1000 g/mol. The minimum Gasteiger partial charge on any atom is -0.302 e. The number of Topliss-reactive ketones (excluding diaryl/α,β-unsaturated/α-hetero) is 1. The van der Waals surface area contributed by atoms with E-state index in [2.05, 4.69) is 0 Å². The fraction of sp³-hybridized carbons (Fsp3) is 0.947. The van der Waals surface area contributed by atoms with Gasteiger partial charge in [-0.2, -0.15) is 158 Å². The third-order valence-corrected chi connectivity index (χ3v) is 8.33. The molecule has 0 atom stereocenters. The first kappa shape index (κ1) is 59.3. The highest BCUT2D eigenvalue weighted by Gasteiger charge is 3.00. The van der Waals surface area contributed by atoms with Gasteiger partial charge in [-0.05, 0) is 13.8 Å². The number of ketones is 1. The van der Waals surface area contributed by atoms with E-state index < -0.39 is 105 Å². The van der Waals surface area contributed by atoms with E-state index in [0.717, 1.165) is 13.3 Å². The van der Waals surface area contributed by atoms with E-state index in [4.69, 9.17) is 0 Å². The van der Waals surface area contributed by atoms with Crippen LogP contribution in [0.4, 0.5) is 158 Å². The highest BCUT2D eigenvalue weighted by molar-refractivity contribution is 6.64. The molecule has 0 aliphatic heterocycles. The summed E-state index contributed by atoms with van der Waals surface area (Å²) in [5, 5.41) is 0. The first-order valence-corrected chi connectivity index (χ1v) is 14.2. The fourth-order valence-corrected chi connectivity index (χ4v) is 5.10. The second-order valence-corrected chi connectivity index (χ2v) is 12.8. The average Bonchev–Trinajstić information content (AvgIpc) is 2.92. The van der Waals surface area contributed by atoms with Crippen molar-refractivity contribution in [2.24, 2.45) is 0 Å². The molecule has 0 radical (unpaired) electrons. The molecule has 0 aliphatic carbocycles. The van der Waals surface area contributed by atoms with Crippen LogP contribution in [-0.4, -0.2) is 111 Å². The summed E-state index contributed by atoms with van der Waals surface area (Å²) >= 11 is 0. The lowest BCUT2D eigenvalue weighted by atomic mass is 9.87. The summed E-state index contributed by atoms with van der Waals surface area (Å²) in [7, 11) is -12.0. The van der Waals surface area contributed by atoms with Gasteiger partial charge in [0.15, 0.2) is 0 Å². The van der Waals surface area contributed by atoms with Gasteiger partial charge in [0, 0.05) is 0 Å². The van der Waals surface area contributed by atoms with Crippen molar-refractivity contribution >= 4 is 14.6 Å². The highest BCUT2D eigenvalue weighted by Crippen LogP contribution is 2.67. The molecule has 0 fully saturated rings. The van der Waals surface area contributed by atoms with Gasteiger partial charge in [-0.15, -0.1) is 0 Å². The molecule has 0 amide bonds. The summed E-state index contributed by atoms with van der Waals surface area (Å²) in [5.41, 5.74) is -10.3. The van der Waals surface area contributed by atoms with Crippen LogP contribution in [0.25, 0.3) is 0 Å². The molecule has 0 bridgehead atoms. The van der Waals surface area contributed by atoms with Crippen molar-refractivity contribution in [3.05, 3.63) is 0 Å². The van der Waals surface area contributed by atoms with Gasteiger partial charge in [0.25, 0.3) is 0 Å². The molecule has 41 heteroatoms. The second kappa shape index (κ2) is 15.5. The van der Waals surface area contributed by atoms with Gasteiger partial charge in [0.05, 0.1) is 0 Å². The van der Waals surface area contributed by atoms with Gasteiger partial charge in [0.2, 0.25) is 0 Å². The van der Waals surface area contributed by atoms with Crippen LogP contribution >= 0.6 is 0 Å². The maximum atomic E-state index is 14.8. The SMILES string of the molecule is CC(C)=O.FC(F)(F)C(F)(F)O[Si](OC(F)(F)C(F)(F)F)(OC(F)(F)C(F)(F)F)C(F)(F)C(F)(F)C(F)(F)C(F)(F)C(F)(F)C(F)(F)C(F)(F)C(F)(F)C(F)(F)C(F)(F)F. The quantitative estimate of drug-likeness (QED) is 0.121. The van der Waals surface area contributed by atoms with Crippen molar-refractivity contribution in [1.29, 1.82) is 0 Å². The molecule has 60 heavy (non-hydrogen) atoms. The standard InChI is InChI=1S/C16F36O3Si.C3H6O/c17-1(18,3(21,22)5(25,26)7(29,30)9(33,34)35)2(19,20)4(23,24)6(27,28)8(31,32)16(51,52)56(53-13(45,46)10(36,37)38,54-14(47,48)11(39,40)41)55-15(49,50)12(42,43)44;1-3(2)4/h;1-2H3. The Bertz CT molecular complexity index is 1420. The molecule has 0 aromatic heterocycles. The molecule has 0 spiro atoms. The van der Waals surface area contributed by atoms with Gasteiger partial charge < -0.3 is 18.1 Å². The molecular formula is C19H6F36O4Si. The largest absolute Gasteiger partial charge is 0.595 e. The number of rotatable bonds is 15. The lowest BCUT2D eigenvalue weighted by molar-refractivity contribution is -0.475. The predicted molar refractivity (Wildman–Crippen MR) is 109 cm³/mol. The van der Waals surface area contributed by atoms with Crippen molar-refractivity contribution in [2.75, 3.05) is 0 Å². The third kappa shape index (κ3) is 9.30. The number of alkyl halides is 36. The first-order valence-electron chi connectivity index (χ1n) is 12.5. The monoisotopic (exact) mass is 1010 g/mol. The molecule has 0 unspecified atom stereocenters. The zero-order chi connectivity index (χ0) is 50.2. The summed E-state index contributed by atoms with van der Waals surface area (Å²) in [5.74, 6) is -80.0. The van der Waals surface area contributed by atoms with Gasteiger partial charge in [-0.1, -0.05) is 0 Å². The van der Waals surface area contributed by atoms with Crippen LogP contribution in [0.2, 0.25) is 0 Å². The maximum absolute atomic E-state index is 14.8. The Balaban J connectivity index is 0. The molecule has 0 heterocycles. The van der Waals surface area contributed by atoms with Gasteiger partial charge in [0.1, 0.15) is 5.78 Å². The highest BCUT2D eigenvalue weighted by atomic mass is 28.4. The zero-order valence-electron chi connectivity index (χ0n) is 26.2. The second-order valence-electron chi connectivity index (χ2n) is 10.5. The molecule has 0 saturated carbocycles. The minimum absolute atomic E-state index is 0.167. The number of carbonyl (C=O) groups excluding carboxylic acids is 1. The predicted octanol–water partition coefficient (Wildman–Crippen LogP) is 11.9. The van der Waals surface area contributed by atoms with Crippen LogP contribution in [0, 0.1) is 0 Å². The Morgan fingerprint density at radius 3 is 0.583 bits per heavy atom. The summed E-state index contributed by atoms with van der Waals surface area (Å²) < 4.78 is 482. The van der Waals surface area contributed by atoms with Gasteiger partial charge >= 0.3 is 105 Å². The molecule has 0 N–H and O–H groups in total. The molecule has 0 rings (SSSR count). The molecule has 362 valence electrons. The number of halogens is 36. The Morgan fingerprint density at radius 1 is 0.283 bits per heavy atom. The van der Waals surface area contributed by atoms with E-state index >= 15 is 0 Å². The van der Waals surface area contributed by atoms with Crippen molar-refractivity contribution in [3.8, 4) is 0 Å². The van der Waals surface area contributed by atoms with E-state index in [1.807, 2.05) is 0 Å². The number of hydrogen-bond donors (Lipinski definition) is 0. The van der Waals surface area contributed by atoms with E-state index in [-0.39, 0.29) is 5.78 Å². The lowest BCUT2D eigenvalue weighted by Crippen LogP contribution is -2.81. The van der Waals surface area contributed by atoms with E-state index in [0.29, 0.717) is 0 Å².